The molecule has 0 aliphatic carbocycles. The fourth-order valence-corrected chi connectivity index (χ4v) is 4.38. The van der Waals surface area contributed by atoms with Crippen LogP contribution in [0.3, 0.4) is 0 Å². The highest BCUT2D eigenvalue weighted by Gasteiger charge is 2.19. The molecular formula is C21H23N3O4S2. The topological polar surface area (TPSA) is 102 Å². The number of anilines is 1. The number of aromatic nitrogens is 2. The van der Waals surface area contributed by atoms with Gasteiger partial charge in [-0.15, -0.1) is 16.9 Å². The van der Waals surface area contributed by atoms with Crippen LogP contribution in [0, 0.1) is 0 Å². The number of nitrogens with one attached hydrogen (secondary N) is 1. The zero-order valence-electron chi connectivity index (χ0n) is 17.0. The summed E-state index contributed by atoms with van der Waals surface area (Å²) in [6, 6.07) is 13.9. The van der Waals surface area contributed by atoms with Gasteiger partial charge in [-0.05, 0) is 61.6 Å². The van der Waals surface area contributed by atoms with Gasteiger partial charge in [-0.2, -0.15) is 0 Å². The summed E-state index contributed by atoms with van der Waals surface area (Å²) < 4.78 is 29.9. The molecule has 2 aromatic carbocycles. The third-order valence-corrected chi connectivity index (χ3v) is 7.41. The average Bonchev–Trinajstić information content (AvgIpc) is 3.15. The van der Waals surface area contributed by atoms with Crippen LogP contribution in [0.5, 0.6) is 0 Å². The first-order valence-electron chi connectivity index (χ1n) is 9.49. The van der Waals surface area contributed by atoms with E-state index in [4.69, 9.17) is 4.42 Å². The van der Waals surface area contributed by atoms with Crippen molar-refractivity contribution in [2.24, 2.45) is 0 Å². The minimum atomic E-state index is -3.31. The second-order valence-electron chi connectivity index (χ2n) is 6.83. The molecule has 9 heteroatoms. The molecule has 3 aromatic rings. The second-order valence-corrected chi connectivity index (χ2v) is 10.7. The van der Waals surface area contributed by atoms with Crippen LogP contribution in [0.25, 0.3) is 0 Å². The number of thioether (sulfide) groups is 1. The van der Waals surface area contributed by atoms with E-state index in [0.29, 0.717) is 17.9 Å². The van der Waals surface area contributed by atoms with Crippen molar-refractivity contribution < 1.29 is 17.6 Å². The number of hydrogen-bond acceptors (Lipinski definition) is 7. The number of hydrogen-bond donors (Lipinski definition) is 1. The van der Waals surface area contributed by atoms with Crippen LogP contribution in [-0.2, 0) is 16.3 Å². The molecule has 0 saturated heterocycles. The Morgan fingerprint density at radius 2 is 1.73 bits per heavy atom. The Hall–Kier alpha value is -2.65. The van der Waals surface area contributed by atoms with E-state index in [9.17, 15) is 13.2 Å². The molecule has 0 aliphatic heterocycles. The van der Waals surface area contributed by atoms with Crippen LogP contribution < -0.4 is 5.32 Å². The standard InChI is InChI=1S/C21H23N3O4S2/c1-4-29-17-9-7-16(8-10-17)20(25)22-21-24-23-19(28-21)13-15-5-11-18(12-6-15)30(26,27)14(2)3/h5-12,14H,4,13H2,1-3H3,(H,22,24,25). The maximum Gasteiger partial charge on any atom is 0.322 e. The molecule has 30 heavy (non-hydrogen) atoms. The Kier molecular flexibility index (Phi) is 6.94. The van der Waals surface area contributed by atoms with Gasteiger partial charge in [0.2, 0.25) is 5.89 Å². The summed E-state index contributed by atoms with van der Waals surface area (Å²) in [5, 5.41) is 9.91. The lowest BCUT2D eigenvalue weighted by molar-refractivity contribution is 0.102. The first kappa shape index (κ1) is 22.0. The molecule has 7 nitrogen and oxygen atoms in total. The lowest BCUT2D eigenvalue weighted by Crippen LogP contribution is -2.13. The minimum Gasteiger partial charge on any atom is -0.407 e. The summed E-state index contributed by atoms with van der Waals surface area (Å²) in [5.74, 6) is 0.952. The van der Waals surface area contributed by atoms with E-state index in [2.05, 4.69) is 22.4 Å². The number of rotatable bonds is 8. The molecule has 3 rings (SSSR count). The fraction of sp³-hybridized carbons (Fsp3) is 0.286. The van der Waals surface area contributed by atoms with Gasteiger partial charge in [0.15, 0.2) is 9.84 Å². The van der Waals surface area contributed by atoms with Gasteiger partial charge in [0, 0.05) is 10.5 Å². The van der Waals surface area contributed by atoms with Gasteiger partial charge in [0.05, 0.1) is 16.6 Å². The van der Waals surface area contributed by atoms with Gasteiger partial charge in [-0.3, -0.25) is 10.1 Å². The Bertz CT molecular complexity index is 1110. The predicted molar refractivity (Wildman–Crippen MR) is 117 cm³/mol. The molecule has 1 amide bonds. The van der Waals surface area contributed by atoms with Gasteiger partial charge in [-0.1, -0.05) is 24.2 Å². The highest BCUT2D eigenvalue weighted by Crippen LogP contribution is 2.20. The lowest BCUT2D eigenvalue weighted by Gasteiger charge is -2.08. The normalized spacial score (nSPS) is 11.6. The van der Waals surface area contributed by atoms with Crippen molar-refractivity contribution in [1.29, 1.82) is 0 Å². The van der Waals surface area contributed by atoms with Crippen LogP contribution in [0.15, 0.2) is 62.7 Å². The highest BCUT2D eigenvalue weighted by molar-refractivity contribution is 7.99. The minimum absolute atomic E-state index is 0.0148. The molecule has 158 valence electrons. The smallest absolute Gasteiger partial charge is 0.322 e. The van der Waals surface area contributed by atoms with Crippen molar-refractivity contribution in [2.45, 2.75) is 42.2 Å². The number of carbonyl (C=O) groups is 1. The first-order chi connectivity index (χ1) is 14.3. The van der Waals surface area contributed by atoms with E-state index >= 15 is 0 Å². The summed E-state index contributed by atoms with van der Waals surface area (Å²) in [4.78, 5) is 13.7. The predicted octanol–water partition coefficient (Wildman–Crippen LogP) is 4.21. The zero-order valence-corrected chi connectivity index (χ0v) is 18.6. The monoisotopic (exact) mass is 445 g/mol. The Morgan fingerprint density at radius 3 is 2.33 bits per heavy atom. The number of nitrogens with zero attached hydrogens (tertiary/aromatic N) is 2. The van der Waals surface area contributed by atoms with E-state index in [1.165, 1.54) is 0 Å². The molecule has 0 spiro atoms. The molecule has 0 atom stereocenters. The third kappa shape index (κ3) is 5.28. The van der Waals surface area contributed by atoms with Crippen molar-refractivity contribution >= 4 is 33.5 Å². The molecule has 1 aromatic heterocycles. The van der Waals surface area contributed by atoms with Crippen LogP contribution in [0.4, 0.5) is 6.01 Å². The van der Waals surface area contributed by atoms with E-state index in [1.807, 2.05) is 12.1 Å². The van der Waals surface area contributed by atoms with Gasteiger partial charge in [0.1, 0.15) is 0 Å². The summed E-state index contributed by atoms with van der Waals surface area (Å²) >= 11 is 1.70. The second kappa shape index (κ2) is 9.44. The number of amides is 1. The SMILES string of the molecule is CCSc1ccc(C(=O)Nc2nnc(Cc3ccc(S(=O)(=O)C(C)C)cc3)o2)cc1. The molecule has 1 heterocycles. The van der Waals surface area contributed by atoms with Gasteiger partial charge in [-0.25, -0.2) is 8.42 Å². The molecule has 0 saturated carbocycles. The van der Waals surface area contributed by atoms with Crippen molar-refractivity contribution in [1.82, 2.24) is 10.2 Å². The average molecular weight is 446 g/mol. The quantitative estimate of drug-likeness (QED) is 0.518. The molecule has 0 aliphatic rings. The van der Waals surface area contributed by atoms with Gasteiger partial charge < -0.3 is 4.42 Å². The van der Waals surface area contributed by atoms with Crippen molar-refractivity contribution in [3.8, 4) is 0 Å². The van der Waals surface area contributed by atoms with Crippen LogP contribution in [0.1, 0.15) is 42.6 Å². The summed E-state index contributed by atoms with van der Waals surface area (Å²) in [7, 11) is -3.31. The van der Waals surface area contributed by atoms with Gasteiger partial charge in [0.25, 0.3) is 5.91 Å². The van der Waals surface area contributed by atoms with E-state index in [0.717, 1.165) is 16.2 Å². The maximum atomic E-state index is 12.3. The molecular weight excluding hydrogens is 422 g/mol. The molecule has 0 radical (unpaired) electrons. The van der Waals surface area contributed by atoms with Crippen molar-refractivity contribution in [2.75, 3.05) is 11.1 Å². The summed E-state index contributed by atoms with van der Waals surface area (Å²) in [5.41, 5.74) is 1.32. The van der Waals surface area contributed by atoms with Crippen LogP contribution >= 0.6 is 11.8 Å². The van der Waals surface area contributed by atoms with Crippen LogP contribution in [-0.4, -0.2) is 35.5 Å². The summed E-state index contributed by atoms with van der Waals surface area (Å²) in [6.45, 7) is 5.37. The molecule has 0 fully saturated rings. The lowest BCUT2D eigenvalue weighted by atomic mass is 10.1. The van der Waals surface area contributed by atoms with E-state index in [1.54, 1.807) is 62.0 Å². The number of carbonyl (C=O) groups excluding carboxylic acids is 1. The third-order valence-electron chi connectivity index (χ3n) is 4.34. The maximum absolute atomic E-state index is 12.3. The Balaban J connectivity index is 1.63. The van der Waals surface area contributed by atoms with E-state index in [-0.39, 0.29) is 16.8 Å². The largest absolute Gasteiger partial charge is 0.407 e. The van der Waals surface area contributed by atoms with Gasteiger partial charge >= 0.3 is 6.01 Å². The number of sulfone groups is 1. The van der Waals surface area contributed by atoms with Crippen molar-refractivity contribution in [3.05, 3.63) is 65.5 Å². The molecule has 0 unspecified atom stereocenters. The Morgan fingerprint density at radius 1 is 1.07 bits per heavy atom. The Labute approximate surface area is 180 Å². The molecule has 0 bridgehead atoms. The zero-order chi connectivity index (χ0) is 21.7. The van der Waals surface area contributed by atoms with E-state index < -0.39 is 15.1 Å². The van der Waals surface area contributed by atoms with Crippen LogP contribution in [0.2, 0.25) is 0 Å². The highest BCUT2D eigenvalue weighted by atomic mass is 32.2. The fourth-order valence-electron chi connectivity index (χ4n) is 2.66. The summed E-state index contributed by atoms with van der Waals surface area (Å²) in [6.07, 6.45) is 0.327. The first-order valence-corrected chi connectivity index (χ1v) is 12.0. The number of benzene rings is 2. The molecule has 1 N–H and O–H groups in total. The van der Waals surface area contributed by atoms with Crippen molar-refractivity contribution in [3.63, 3.8) is 0 Å².